The van der Waals surface area contributed by atoms with Crippen LogP contribution in [0.25, 0.3) is 11.1 Å². The van der Waals surface area contributed by atoms with Crippen LogP contribution in [0.4, 0.5) is 4.39 Å². The number of hydrogen-bond donors (Lipinski definition) is 1. The number of nitrogens with one attached hydrogen (secondary N) is 1. The van der Waals surface area contributed by atoms with Gasteiger partial charge in [0.1, 0.15) is 11.6 Å². The quantitative estimate of drug-likeness (QED) is 0.900. The van der Waals surface area contributed by atoms with Gasteiger partial charge in [0.15, 0.2) is 0 Å². The van der Waals surface area contributed by atoms with Gasteiger partial charge in [-0.2, -0.15) is 0 Å². The van der Waals surface area contributed by atoms with E-state index in [1.54, 1.807) is 13.3 Å². The molecule has 1 aromatic heterocycles. The highest BCUT2D eigenvalue weighted by Crippen LogP contribution is 2.27. The van der Waals surface area contributed by atoms with Crippen LogP contribution in [0.3, 0.4) is 0 Å². The molecule has 0 aliphatic heterocycles. The molecule has 0 saturated carbocycles. The number of pyridine rings is 1. The van der Waals surface area contributed by atoms with Crippen LogP contribution in [0.5, 0.6) is 5.75 Å². The van der Waals surface area contributed by atoms with Gasteiger partial charge >= 0.3 is 0 Å². The van der Waals surface area contributed by atoms with E-state index in [0.29, 0.717) is 6.54 Å². The highest BCUT2D eigenvalue weighted by molar-refractivity contribution is 5.67. The second-order valence-corrected chi connectivity index (χ2v) is 3.95. The first-order chi connectivity index (χ1) is 8.74. The summed E-state index contributed by atoms with van der Waals surface area (Å²) >= 11 is 0. The molecule has 94 valence electrons. The van der Waals surface area contributed by atoms with Crippen LogP contribution in [0.15, 0.2) is 36.7 Å². The molecule has 1 N–H and O–H groups in total. The monoisotopic (exact) mass is 246 g/mol. The highest BCUT2D eigenvalue weighted by Gasteiger charge is 2.07. The molecule has 0 unspecified atom stereocenters. The number of rotatable bonds is 4. The summed E-state index contributed by atoms with van der Waals surface area (Å²) in [6, 6.07) is 7.20. The van der Waals surface area contributed by atoms with Crippen LogP contribution in [-0.4, -0.2) is 19.1 Å². The summed E-state index contributed by atoms with van der Waals surface area (Å²) in [5.41, 5.74) is 2.77. The van der Waals surface area contributed by atoms with Gasteiger partial charge in [0.25, 0.3) is 0 Å². The molecule has 0 spiro atoms. The fourth-order valence-electron chi connectivity index (χ4n) is 1.87. The largest absolute Gasteiger partial charge is 0.497 e. The standard InChI is InChI=1S/C14H15FN2O/c1-16-7-11-6-13(18-2)3-4-14(11)10-5-12(15)9-17-8-10/h3-6,8-9,16H,7H2,1-2H3. The molecule has 0 aliphatic carbocycles. The molecule has 0 radical (unpaired) electrons. The first-order valence-corrected chi connectivity index (χ1v) is 5.67. The molecular weight excluding hydrogens is 231 g/mol. The van der Waals surface area contributed by atoms with Crippen molar-refractivity contribution >= 4 is 0 Å². The lowest BCUT2D eigenvalue weighted by Crippen LogP contribution is -2.06. The van der Waals surface area contributed by atoms with Gasteiger partial charge in [0, 0.05) is 18.3 Å². The number of ether oxygens (including phenoxy) is 1. The minimum atomic E-state index is -0.335. The summed E-state index contributed by atoms with van der Waals surface area (Å²) in [6.07, 6.45) is 2.86. The Bertz CT molecular complexity index is 543. The van der Waals surface area contributed by atoms with Gasteiger partial charge in [-0.05, 0) is 36.4 Å². The summed E-state index contributed by atoms with van der Waals surface area (Å²) in [5.74, 6) is 0.451. The van der Waals surface area contributed by atoms with Crippen molar-refractivity contribution in [2.24, 2.45) is 0 Å². The smallest absolute Gasteiger partial charge is 0.142 e. The lowest BCUT2D eigenvalue weighted by atomic mass is 10.0. The van der Waals surface area contributed by atoms with Crippen molar-refractivity contribution in [1.29, 1.82) is 0 Å². The fraction of sp³-hybridized carbons (Fsp3) is 0.214. The van der Waals surface area contributed by atoms with Crippen LogP contribution < -0.4 is 10.1 Å². The Kier molecular flexibility index (Phi) is 3.89. The van der Waals surface area contributed by atoms with Crippen LogP contribution >= 0.6 is 0 Å². The Morgan fingerprint density at radius 2 is 2.11 bits per heavy atom. The minimum absolute atomic E-state index is 0.335. The normalized spacial score (nSPS) is 10.4. The second kappa shape index (κ2) is 5.60. The van der Waals surface area contributed by atoms with Crippen LogP contribution in [0, 0.1) is 5.82 Å². The molecule has 4 heteroatoms. The summed E-state index contributed by atoms with van der Waals surface area (Å²) in [7, 11) is 3.50. The number of halogens is 1. The van der Waals surface area contributed by atoms with Crippen LogP contribution in [0.1, 0.15) is 5.56 Å². The highest BCUT2D eigenvalue weighted by atomic mass is 19.1. The van der Waals surface area contributed by atoms with Crippen molar-refractivity contribution in [3.63, 3.8) is 0 Å². The Balaban J connectivity index is 2.49. The molecule has 0 atom stereocenters. The molecule has 0 amide bonds. The zero-order chi connectivity index (χ0) is 13.0. The average Bonchev–Trinajstić information content (AvgIpc) is 2.39. The number of hydrogen-bond acceptors (Lipinski definition) is 3. The molecule has 1 aromatic carbocycles. The molecule has 0 bridgehead atoms. The van der Waals surface area contributed by atoms with Crippen molar-refractivity contribution in [3.8, 4) is 16.9 Å². The molecule has 2 rings (SSSR count). The van der Waals surface area contributed by atoms with Gasteiger partial charge in [-0.1, -0.05) is 6.07 Å². The van der Waals surface area contributed by atoms with Gasteiger partial charge in [-0.15, -0.1) is 0 Å². The number of nitrogens with zero attached hydrogens (tertiary/aromatic N) is 1. The van der Waals surface area contributed by atoms with Crippen molar-refractivity contribution in [2.45, 2.75) is 6.54 Å². The molecule has 0 fully saturated rings. The summed E-state index contributed by atoms with van der Waals surface area (Å²) in [4.78, 5) is 3.88. The van der Waals surface area contributed by atoms with E-state index in [1.165, 1.54) is 12.3 Å². The Labute approximate surface area is 106 Å². The van der Waals surface area contributed by atoms with Crippen molar-refractivity contribution < 1.29 is 9.13 Å². The summed E-state index contributed by atoms with van der Waals surface area (Å²) < 4.78 is 18.4. The molecule has 18 heavy (non-hydrogen) atoms. The second-order valence-electron chi connectivity index (χ2n) is 3.95. The van der Waals surface area contributed by atoms with E-state index in [4.69, 9.17) is 4.74 Å². The maximum absolute atomic E-state index is 13.2. The third kappa shape index (κ3) is 2.65. The van der Waals surface area contributed by atoms with Crippen molar-refractivity contribution in [1.82, 2.24) is 10.3 Å². The Morgan fingerprint density at radius 1 is 1.28 bits per heavy atom. The molecule has 1 heterocycles. The minimum Gasteiger partial charge on any atom is -0.497 e. The van der Waals surface area contributed by atoms with E-state index in [0.717, 1.165) is 22.4 Å². The van der Waals surface area contributed by atoms with Gasteiger partial charge in [-0.25, -0.2) is 4.39 Å². The number of aromatic nitrogens is 1. The molecule has 3 nitrogen and oxygen atoms in total. The summed E-state index contributed by atoms with van der Waals surface area (Å²) in [6.45, 7) is 0.684. The maximum atomic E-state index is 13.2. The fourth-order valence-corrected chi connectivity index (χ4v) is 1.87. The predicted octanol–water partition coefficient (Wildman–Crippen LogP) is 2.62. The summed E-state index contributed by atoms with van der Waals surface area (Å²) in [5, 5.41) is 3.09. The van der Waals surface area contributed by atoms with Gasteiger partial charge in [0.05, 0.1) is 13.3 Å². The van der Waals surface area contributed by atoms with E-state index >= 15 is 0 Å². The van der Waals surface area contributed by atoms with E-state index in [1.807, 2.05) is 25.2 Å². The Hall–Kier alpha value is -1.94. The maximum Gasteiger partial charge on any atom is 0.142 e. The van der Waals surface area contributed by atoms with Gasteiger partial charge < -0.3 is 10.1 Å². The lowest BCUT2D eigenvalue weighted by Gasteiger charge is -2.11. The van der Waals surface area contributed by atoms with Crippen molar-refractivity contribution in [3.05, 3.63) is 48.0 Å². The molecule has 0 saturated heterocycles. The zero-order valence-corrected chi connectivity index (χ0v) is 10.4. The molecule has 0 aliphatic rings. The third-order valence-corrected chi connectivity index (χ3v) is 2.70. The van der Waals surface area contributed by atoms with Crippen LogP contribution in [-0.2, 0) is 6.54 Å². The van der Waals surface area contributed by atoms with E-state index in [2.05, 4.69) is 10.3 Å². The van der Waals surface area contributed by atoms with Crippen LogP contribution in [0.2, 0.25) is 0 Å². The zero-order valence-electron chi connectivity index (χ0n) is 10.4. The predicted molar refractivity (Wildman–Crippen MR) is 68.9 cm³/mol. The van der Waals surface area contributed by atoms with Gasteiger partial charge in [0.2, 0.25) is 0 Å². The van der Waals surface area contributed by atoms with E-state index < -0.39 is 0 Å². The third-order valence-electron chi connectivity index (χ3n) is 2.70. The van der Waals surface area contributed by atoms with E-state index in [-0.39, 0.29) is 5.82 Å². The van der Waals surface area contributed by atoms with Crippen molar-refractivity contribution in [2.75, 3.05) is 14.2 Å². The number of methoxy groups -OCH3 is 1. The topological polar surface area (TPSA) is 34.1 Å². The van der Waals surface area contributed by atoms with Gasteiger partial charge in [-0.3, -0.25) is 4.98 Å². The SMILES string of the molecule is CNCc1cc(OC)ccc1-c1cncc(F)c1. The molecular formula is C14H15FN2O. The molecule has 2 aromatic rings. The number of benzene rings is 1. The lowest BCUT2D eigenvalue weighted by molar-refractivity contribution is 0.414. The average molecular weight is 246 g/mol. The Morgan fingerprint density at radius 3 is 2.78 bits per heavy atom. The first-order valence-electron chi connectivity index (χ1n) is 5.67. The van der Waals surface area contributed by atoms with E-state index in [9.17, 15) is 4.39 Å². The first kappa shape index (κ1) is 12.5.